The Bertz CT molecular complexity index is 855. The molecule has 0 aliphatic carbocycles. The van der Waals surface area contributed by atoms with E-state index in [0.717, 1.165) is 12.1 Å². The highest BCUT2D eigenvalue weighted by atomic mass is 32.2. The standard InChI is InChI=1S/C19H24N4O5S/c1-4-7-20-17(25)13(3)22-16(24)10-27-19(26)15-6-5-8-21-18(15)29-11-14-9-12(2)28-23-14/h5-6,8-9,13H,4,7,10-11H2,1-3H3,(H,20,25)(H,22,24)/t13-/m1/s1. The van der Waals surface area contributed by atoms with Gasteiger partial charge in [-0.25, -0.2) is 9.78 Å². The Morgan fingerprint density at radius 3 is 2.83 bits per heavy atom. The summed E-state index contributed by atoms with van der Waals surface area (Å²) in [5.74, 6) is -0.353. The number of hydrogen-bond acceptors (Lipinski definition) is 8. The van der Waals surface area contributed by atoms with Crippen LogP contribution in [0.5, 0.6) is 0 Å². The van der Waals surface area contributed by atoms with E-state index in [-0.39, 0.29) is 11.5 Å². The number of nitrogens with zero attached hydrogens (tertiary/aromatic N) is 2. The van der Waals surface area contributed by atoms with E-state index in [1.807, 2.05) is 6.92 Å². The van der Waals surface area contributed by atoms with Crippen LogP contribution in [0.1, 0.15) is 42.1 Å². The summed E-state index contributed by atoms with van der Waals surface area (Å²) in [5, 5.41) is 9.54. The van der Waals surface area contributed by atoms with E-state index in [4.69, 9.17) is 9.26 Å². The molecule has 2 aromatic rings. The molecular formula is C19H24N4O5S. The summed E-state index contributed by atoms with van der Waals surface area (Å²) in [6, 6.07) is 4.27. The molecule has 10 heteroatoms. The summed E-state index contributed by atoms with van der Waals surface area (Å²) in [6.45, 7) is 5.33. The lowest BCUT2D eigenvalue weighted by atomic mass is 10.3. The summed E-state index contributed by atoms with van der Waals surface area (Å²) in [7, 11) is 0. The van der Waals surface area contributed by atoms with Gasteiger partial charge in [-0.3, -0.25) is 9.59 Å². The van der Waals surface area contributed by atoms with Gasteiger partial charge in [-0.2, -0.15) is 0 Å². The van der Waals surface area contributed by atoms with E-state index < -0.39 is 24.5 Å². The van der Waals surface area contributed by atoms with Crippen molar-refractivity contribution in [2.45, 2.75) is 44.0 Å². The highest BCUT2D eigenvalue weighted by Gasteiger charge is 2.19. The molecule has 0 radical (unpaired) electrons. The van der Waals surface area contributed by atoms with Crippen LogP contribution in [0.2, 0.25) is 0 Å². The predicted molar refractivity (Wildman–Crippen MR) is 106 cm³/mol. The first-order valence-corrected chi connectivity index (χ1v) is 10.1. The molecule has 2 N–H and O–H groups in total. The number of aromatic nitrogens is 2. The fraction of sp³-hybridized carbons (Fsp3) is 0.421. The van der Waals surface area contributed by atoms with Crippen molar-refractivity contribution in [3.63, 3.8) is 0 Å². The first kappa shape index (κ1) is 22.4. The van der Waals surface area contributed by atoms with Gasteiger partial charge in [-0.1, -0.05) is 23.8 Å². The Balaban J connectivity index is 1.87. The lowest BCUT2D eigenvalue weighted by Crippen LogP contribution is -2.46. The van der Waals surface area contributed by atoms with Crippen molar-refractivity contribution in [1.29, 1.82) is 0 Å². The van der Waals surface area contributed by atoms with Crippen LogP contribution < -0.4 is 10.6 Å². The van der Waals surface area contributed by atoms with Gasteiger partial charge in [0, 0.05) is 24.6 Å². The average Bonchev–Trinajstić information content (AvgIpc) is 3.13. The molecular weight excluding hydrogens is 396 g/mol. The van der Waals surface area contributed by atoms with E-state index in [1.54, 1.807) is 38.2 Å². The van der Waals surface area contributed by atoms with Gasteiger partial charge in [-0.05, 0) is 32.4 Å². The topological polar surface area (TPSA) is 123 Å². The monoisotopic (exact) mass is 420 g/mol. The minimum Gasteiger partial charge on any atom is -0.452 e. The second kappa shape index (κ2) is 11.2. The number of esters is 1. The Hall–Kier alpha value is -2.88. The molecule has 0 unspecified atom stereocenters. The smallest absolute Gasteiger partial charge is 0.341 e. The largest absolute Gasteiger partial charge is 0.452 e. The van der Waals surface area contributed by atoms with Crippen molar-refractivity contribution >= 4 is 29.5 Å². The number of ether oxygens (including phenoxy) is 1. The number of carbonyl (C=O) groups excluding carboxylic acids is 3. The lowest BCUT2D eigenvalue weighted by Gasteiger charge is -2.14. The maximum atomic E-state index is 12.4. The van der Waals surface area contributed by atoms with Crippen LogP contribution in [0.4, 0.5) is 0 Å². The van der Waals surface area contributed by atoms with Crippen LogP contribution in [-0.4, -0.2) is 47.1 Å². The van der Waals surface area contributed by atoms with E-state index in [0.29, 0.717) is 23.1 Å². The van der Waals surface area contributed by atoms with Gasteiger partial charge in [0.05, 0.1) is 11.3 Å². The molecule has 156 valence electrons. The highest BCUT2D eigenvalue weighted by molar-refractivity contribution is 7.98. The van der Waals surface area contributed by atoms with Gasteiger partial charge in [-0.15, -0.1) is 0 Å². The maximum absolute atomic E-state index is 12.4. The Morgan fingerprint density at radius 1 is 1.34 bits per heavy atom. The molecule has 29 heavy (non-hydrogen) atoms. The first-order valence-electron chi connectivity index (χ1n) is 9.15. The number of hydrogen-bond donors (Lipinski definition) is 2. The SMILES string of the molecule is CCCNC(=O)[C@@H](C)NC(=O)COC(=O)c1cccnc1SCc1cc(C)on1. The molecule has 2 amide bonds. The summed E-state index contributed by atoms with van der Waals surface area (Å²) >= 11 is 1.31. The second-order valence-corrected chi connectivity index (χ2v) is 7.19. The van der Waals surface area contributed by atoms with Gasteiger partial charge in [0.2, 0.25) is 5.91 Å². The zero-order valence-corrected chi connectivity index (χ0v) is 17.4. The van der Waals surface area contributed by atoms with Crippen molar-refractivity contribution in [2.24, 2.45) is 0 Å². The number of rotatable bonds is 10. The molecule has 0 bridgehead atoms. The first-order chi connectivity index (χ1) is 13.9. The number of carbonyl (C=O) groups is 3. The Labute approximate surface area is 173 Å². The molecule has 2 rings (SSSR count). The van der Waals surface area contributed by atoms with Crippen LogP contribution in [0.25, 0.3) is 0 Å². The zero-order chi connectivity index (χ0) is 21.2. The molecule has 0 saturated carbocycles. The van der Waals surface area contributed by atoms with Gasteiger partial charge >= 0.3 is 5.97 Å². The van der Waals surface area contributed by atoms with Gasteiger partial charge in [0.25, 0.3) is 5.91 Å². The van der Waals surface area contributed by atoms with Crippen molar-refractivity contribution in [2.75, 3.05) is 13.2 Å². The second-order valence-electron chi connectivity index (χ2n) is 6.23. The third kappa shape index (κ3) is 7.22. The van der Waals surface area contributed by atoms with Gasteiger partial charge in [0.1, 0.15) is 16.8 Å². The van der Waals surface area contributed by atoms with Crippen molar-refractivity contribution in [3.8, 4) is 0 Å². The molecule has 2 heterocycles. The minimum atomic E-state index is -0.719. The molecule has 0 aliphatic rings. The van der Waals surface area contributed by atoms with Crippen LogP contribution in [0, 0.1) is 6.92 Å². The molecule has 1 atom stereocenters. The van der Waals surface area contributed by atoms with Crippen molar-refractivity contribution in [3.05, 3.63) is 41.4 Å². The number of pyridine rings is 1. The van der Waals surface area contributed by atoms with Crippen LogP contribution in [0.3, 0.4) is 0 Å². The molecule has 9 nitrogen and oxygen atoms in total. The van der Waals surface area contributed by atoms with E-state index in [9.17, 15) is 14.4 Å². The summed E-state index contributed by atoms with van der Waals surface area (Å²) in [5.41, 5.74) is 0.978. The van der Waals surface area contributed by atoms with Crippen molar-refractivity contribution in [1.82, 2.24) is 20.8 Å². The maximum Gasteiger partial charge on any atom is 0.341 e. The molecule has 0 saturated heterocycles. The minimum absolute atomic E-state index is 0.249. The fourth-order valence-electron chi connectivity index (χ4n) is 2.25. The van der Waals surface area contributed by atoms with Crippen molar-refractivity contribution < 1.29 is 23.6 Å². The van der Waals surface area contributed by atoms with Crippen LogP contribution in [-0.2, 0) is 20.1 Å². The highest BCUT2D eigenvalue weighted by Crippen LogP contribution is 2.24. The Morgan fingerprint density at radius 2 is 2.14 bits per heavy atom. The molecule has 0 aromatic carbocycles. The fourth-order valence-corrected chi connectivity index (χ4v) is 3.11. The molecule has 0 spiro atoms. The van der Waals surface area contributed by atoms with Gasteiger partial charge < -0.3 is 19.9 Å². The van der Waals surface area contributed by atoms with E-state index >= 15 is 0 Å². The van der Waals surface area contributed by atoms with E-state index in [2.05, 4.69) is 20.8 Å². The Kier molecular flexibility index (Phi) is 8.66. The van der Waals surface area contributed by atoms with Gasteiger partial charge in [0.15, 0.2) is 6.61 Å². The number of amides is 2. The molecule has 2 aromatic heterocycles. The van der Waals surface area contributed by atoms with Crippen LogP contribution in [0.15, 0.2) is 33.9 Å². The summed E-state index contributed by atoms with van der Waals surface area (Å²) in [6.07, 6.45) is 2.36. The summed E-state index contributed by atoms with van der Waals surface area (Å²) in [4.78, 5) is 40.3. The third-order valence-corrected chi connectivity index (χ3v) is 4.72. The average molecular weight is 420 g/mol. The molecule has 0 aliphatic heterocycles. The normalized spacial score (nSPS) is 11.6. The summed E-state index contributed by atoms with van der Waals surface area (Å²) < 4.78 is 10.1. The molecule has 0 fully saturated rings. The predicted octanol–water partition coefficient (Wildman–Crippen LogP) is 1.86. The number of thioether (sulfide) groups is 1. The van der Waals surface area contributed by atoms with E-state index in [1.165, 1.54) is 11.8 Å². The zero-order valence-electron chi connectivity index (χ0n) is 16.6. The lowest BCUT2D eigenvalue weighted by molar-refractivity contribution is -0.130. The number of nitrogens with one attached hydrogen (secondary N) is 2. The van der Waals surface area contributed by atoms with Crippen LogP contribution >= 0.6 is 11.8 Å². The third-order valence-electron chi connectivity index (χ3n) is 3.68. The number of aryl methyl sites for hydroxylation is 1. The quantitative estimate of drug-likeness (QED) is 0.441.